The highest BCUT2D eigenvalue weighted by molar-refractivity contribution is 5.99. The van der Waals surface area contributed by atoms with Crippen LogP contribution in [0.3, 0.4) is 0 Å². The Hall–Kier alpha value is -3.40. The van der Waals surface area contributed by atoms with Crippen LogP contribution in [-0.2, 0) is 19.3 Å². The summed E-state index contributed by atoms with van der Waals surface area (Å²) in [7, 11) is 0. The third-order valence-corrected chi connectivity index (χ3v) is 9.17. The predicted octanol–water partition coefficient (Wildman–Crippen LogP) is 9.30. The number of hydrogen-bond acceptors (Lipinski definition) is 2. The normalized spacial score (nSPS) is 14.9. The monoisotopic (exact) mass is 518 g/mol. The van der Waals surface area contributed by atoms with Gasteiger partial charge in [0.2, 0.25) is 0 Å². The SMILES string of the molecule is CCC1=C2CCc3c4nc(cc5[nH]c(cc6[nH]c(cc1nc32)c(CC(C)C)c6C)c(CC)c5C)C(C)=C4CC. The number of aryl methyl sites for hydroxylation is 3. The molecule has 1 aliphatic carbocycles. The molecule has 39 heavy (non-hydrogen) atoms. The fraction of sp³-hybridized carbons (Fsp3) is 0.429. The lowest BCUT2D eigenvalue weighted by atomic mass is 9.99. The summed E-state index contributed by atoms with van der Waals surface area (Å²) < 4.78 is 0. The zero-order valence-electron chi connectivity index (χ0n) is 24.9. The molecule has 8 bridgehead atoms. The molecule has 0 amide bonds. The molecule has 0 saturated heterocycles. The first-order valence-electron chi connectivity index (χ1n) is 14.9. The minimum Gasteiger partial charge on any atom is -0.355 e. The summed E-state index contributed by atoms with van der Waals surface area (Å²) in [6.07, 6.45) is 6.09. The Balaban J connectivity index is 1.82. The molecule has 0 unspecified atom stereocenters. The molecule has 0 aromatic carbocycles. The summed E-state index contributed by atoms with van der Waals surface area (Å²) in [6.45, 7) is 18.2. The van der Waals surface area contributed by atoms with Crippen molar-refractivity contribution in [3.05, 3.63) is 68.8 Å². The molecule has 3 aromatic rings. The van der Waals surface area contributed by atoms with E-state index >= 15 is 0 Å². The van der Waals surface area contributed by atoms with Gasteiger partial charge in [0.15, 0.2) is 0 Å². The highest BCUT2D eigenvalue weighted by atomic mass is 14.8. The van der Waals surface area contributed by atoms with Crippen molar-refractivity contribution in [1.82, 2.24) is 19.9 Å². The zero-order valence-corrected chi connectivity index (χ0v) is 24.9. The van der Waals surface area contributed by atoms with Crippen LogP contribution in [0.2, 0.25) is 0 Å². The Labute approximate surface area is 232 Å². The number of hydrogen-bond donors (Lipinski definition) is 2. The molecule has 5 heterocycles. The molecule has 4 heteroatoms. The van der Waals surface area contributed by atoms with Gasteiger partial charge in [-0.3, -0.25) is 0 Å². The molecule has 0 fully saturated rings. The van der Waals surface area contributed by atoms with Gasteiger partial charge in [-0.2, -0.15) is 0 Å². The highest BCUT2D eigenvalue weighted by Gasteiger charge is 2.30. The summed E-state index contributed by atoms with van der Waals surface area (Å²) in [6, 6.07) is 6.93. The maximum Gasteiger partial charge on any atom is 0.0726 e. The van der Waals surface area contributed by atoms with Gasteiger partial charge in [-0.15, -0.1) is 0 Å². The smallest absolute Gasteiger partial charge is 0.0726 e. The standard InChI is InChI=1S/C35H42N4/c1-9-22-19(6)28-15-30-20(7)23(10-2)34(38-30)26-13-12-25-24(11-3)32(39-35(25)26)17-33-27(14-18(4)5)21(8)29(37-33)16-31(22)36-28/h15-18,36-37H,9-14H2,1-8H3. The number of allylic oxidation sites excluding steroid dienone is 4. The fourth-order valence-electron chi connectivity index (χ4n) is 7.05. The lowest BCUT2D eigenvalue weighted by Gasteiger charge is -2.05. The first kappa shape index (κ1) is 25.9. The number of fused-ring (bicyclic) bond motifs is 8. The second kappa shape index (κ2) is 9.66. The molecular formula is C35H42N4. The van der Waals surface area contributed by atoms with Gasteiger partial charge in [-0.05, 0) is 128 Å². The topological polar surface area (TPSA) is 57.4 Å². The average molecular weight is 519 g/mol. The molecule has 2 N–H and O–H groups in total. The summed E-state index contributed by atoms with van der Waals surface area (Å²) >= 11 is 0. The summed E-state index contributed by atoms with van der Waals surface area (Å²) in [5.74, 6) is 0.574. The second-order valence-electron chi connectivity index (χ2n) is 11.9. The van der Waals surface area contributed by atoms with Gasteiger partial charge in [-0.25, -0.2) is 9.97 Å². The van der Waals surface area contributed by atoms with E-state index in [0.29, 0.717) is 5.92 Å². The van der Waals surface area contributed by atoms with Crippen molar-refractivity contribution < 1.29 is 0 Å². The lowest BCUT2D eigenvalue weighted by Crippen LogP contribution is -1.95. The third-order valence-electron chi connectivity index (χ3n) is 9.17. The third kappa shape index (κ3) is 4.02. The number of nitrogens with one attached hydrogen (secondary N) is 2. The van der Waals surface area contributed by atoms with Crippen molar-refractivity contribution >= 4 is 44.4 Å². The van der Waals surface area contributed by atoms with Crippen molar-refractivity contribution in [3.63, 3.8) is 0 Å². The Morgan fingerprint density at radius 2 is 1.31 bits per heavy atom. The quantitative estimate of drug-likeness (QED) is 0.353. The van der Waals surface area contributed by atoms with E-state index in [1.54, 1.807) is 0 Å². The average Bonchev–Trinajstić information content (AvgIpc) is 3.66. The number of nitrogens with zero attached hydrogens (tertiary/aromatic N) is 2. The Morgan fingerprint density at radius 1 is 0.692 bits per heavy atom. The van der Waals surface area contributed by atoms with Gasteiger partial charge in [0, 0.05) is 27.6 Å². The van der Waals surface area contributed by atoms with Crippen LogP contribution >= 0.6 is 0 Å². The minimum absolute atomic E-state index is 0.574. The van der Waals surface area contributed by atoms with E-state index in [0.717, 1.165) is 55.4 Å². The number of rotatable bonds is 5. The summed E-state index contributed by atoms with van der Waals surface area (Å²) in [5.41, 5.74) is 21.6. The van der Waals surface area contributed by atoms with Crippen LogP contribution in [0.15, 0.2) is 18.2 Å². The van der Waals surface area contributed by atoms with Gasteiger partial charge >= 0.3 is 0 Å². The van der Waals surface area contributed by atoms with E-state index < -0.39 is 0 Å². The predicted molar refractivity (Wildman–Crippen MR) is 167 cm³/mol. The molecule has 3 aromatic heterocycles. The molecule has 6 rings (SSSR count). The molecule has 0 saturated carbocycles. The molecule has 0 atom stereocenters. The Bertz CT molecular complexity index is 1740. The van der Waals surface area contributed by atoms with Crippen LogP contribution in [0.1, 0.15) is 111 Å². The molecule has 4 nitrogen and oxygen atoms in total. The molecular weight excluding hydrogens is 476 g/mol. The first-order valence-corrected chi connectivity index (χ1v) is 14.9. The van der Waals surface area contributed by atoms with E-state index in [-0.39, 0.29) is 0 Å². The van der Waals surface area contributed by atoms with Crippen LogP contribution in [0.25, 0.3) is 44.4 Å². The second-order valence-corrected chi connectivity index (χ2v) is 11.9. The maximum absolute atomic E-state index is 5.35. The zero-order chi connectivity index (χ0) is 27.6. The largest absolute Gasteiger partial charge is 0.355 e. The summed E-state index contributed by atoms with van der Waals surface area (Å²) in [4.78, 5) is 18.3. The molecule has 0 radical (unpaired) electrons. The van der Waals surface area contributed by atoms with E-state index in [9.17, 15) is 0 Å². The van der Waals surface area contributed by atoms with Gasteiger partial charge in [0.25, 0.3) is 0 Å². The van der Waals surface area contributed by atoms with Gasteiger partial charge in [0.1, 0.15) is 0 Å². The van der Waals surface area contributed by atoms with Crippen LogP contribution in [0.4, 0.5) is 0 Å². The van der Waals surface area contributed by atoms with E-state index in [4.69, 9.17) is 9.97 Å². The van der Waals surface area contributed by atoms with E-state index in [2.05, 4.69) is 83.6 Å². The van der Waals surface area contributed by atoms with Crippen molar-refractivity contribution in [2.75, 3.05) is 0 Å². The lowest BCUT2D eigenvalue weighted by molar-refractivity contribution is 0.648. The van der Waals surface area contributed by atoms with Crippen LogP contribution < -0.4 is 0 Å². The van der Waals surface area contributed by atoms with Gasteiger partial charge in [0.05, 0.1) is 22.8 Å². The Kier molecular flexibility index (Phi) is 6.40. The number of H-pyrrole nitrogens is 2. The van der Waals surface area contributed by atoms with Crippen LogP contribution in [0.5, 0.6) is 0 Å². The molecule has 202 valence electrons. The first-order chi connectivity index (χ1) is 18.7. The number of aromatic amines is 2. The van der Waals surface area contributed by atoms with Crippen molar-refractivity contribution in [2.45, 2.75) is 93.9 Å². The fourth-order valence-corrected chi connectivity index (χ4v) is 7.05. The van der Waals surface area contributed by atoms with Gasteiger partial charge < -0.3 is 9.97 Å². The Morgan fingerprint density at radius 3 is 1.97 bits per heavy atom. The van der Waals surface area contributed by atoms with Crippen molar-refractivity contribution in [1.29, 1.82) is 0 Å². The molecule has 3 aliphatic rings. The van der Waals surface area contributed by atoms with E-state index in [1.165, 1.54) is 78.0 Å². The summed E-state index contributed by atoms with van der Waals surface area (Å²) in [5, 5.41) is 0. The van der Waals surface area contributed by atoms with E-state index in [1.807, 2.05) is 0 Å². The molecule has 2 aliphatic heterocycles. The van der Waals surface area contributed by atoms with Crippen molar-refractivity contribution in [3.8, 4) is 0 Å². The van der Waals surface area contributed by atoms with Crippen molar-refractivity contribution in [2.24, 2.45) is 5.92 Å². The van der Waals surface area contributed by atoms with Gasteiger partial charge in [-0.1, -0.05) is 34.6 Å². The highest BCUT2D eigenvalue weighted by Crippen LogP contribution is 2.45. The molecule has 0 spiro atoms. The maximum atomic E-state index is 5.35. The van der Waals surface area contributed by atoms with Crippen LogP contribution in [0, 0.1) is 19.8 Å². The number of aromatic nitrogens is 4. The van der Waals surface area contributed by atoms with Crippen LogP contribution in [-0.4, -0.2) is 19.9 Å². The minimum atomic E-state index is 0.574.